The van der Waals surface area contributed by atoms with Gasteiger partial charge in [0.1, 0.15) is 0 Å². The summed E-state index contributed by atoms with van der Waals surface area (Å²) in [5.74, 6) is 0. The third-order valence-corrected chi connectivity index (χ3v) is 3.40. The van der Waals surface area contributed by atoms with E-state index in [0.717, 1.165) is 26.2 Å². The molecule has 20 heavy (non-hydrogen) atoms. The molecule has 2 aromatic rings. The summed E-state index contributed by atoms with van der Waals surface area (Å²) in [6.07, 6.45) is 0. The molecule has 0 radical (unpaired) electrons. The Kier molecular flexibility index (Phi) is 5.99. The lowest BCUT2D eigenvalue weighted by atomic mass is 10.1. The Bertz CT molecular complexity index is 527. The average molecular weight is 272 g/mol. The normalized spacial score (nSPS) is 12.7. The number of benzene rings is 2. The number of ether oxygens (including phenoxy) is 1. The Morgan fingerprint density at radius 3 is 2.70 bits per heavy atom. The van der Waals surface area contributed by atoms with Crippen molar-refractivity contribution >= 4 is 10.8 Å². The second-order valence-corrected chi connectivity index (χ2v) is 5.16. The van der Waals surface area contributed by atoms with Gasteiger partial charge in [-0.05, 0) is 29.3 Å². The molecule has 3 heteroatoms. The average Bonchev–Trinajstić information content (AvgIpc) is 2.49. The monoisotopic (exact) mass is 272 g/mol. The molecule has 3 nitrogen and oxygen atoms in total. The van der Waals surface area contributed by atoms with E-state index in [4.69, 9.17) is 4.74 Å². The number of hydrogen-bond donors (Lipinski definition) is 2. The molecule has 0 aliphatic rings. The SMILES string of the molecule is COCCNCC(C)NCc1ccc2ccccc2c1. The Morgan fingerprint density at radius 2 is 1.90 bits per heavy atom. The number of hydrogen-bond acceptors (Lipinski definition) is 3. The van der Waals surface area contributed by atoms with Gasteiger partial charge in [0.15, 0.2) is 0 Å². The molecule has 0 aromatic heterocycles. The highest BCUT2D eigenvalue weighted by Gasteiger charge is 2.01. The maximum Gasteiger partial charge on any atom is 0.0587 e. The summed E-state index contributed by atoms with van der Waals surface area (Å²) in [4.78, 5) is 0. The molecule has 0 heterocycles. The quantitative estimate of drug-likeness (QED) is 0.725. The van der Waals surface area contributed by atoms with Gasteiger partial charge in [-0.3, -0.25) is 0 Å². The molecule has 1 unspecified atom stereocenters. The van der Waals surface area contributed by atoms with E-state index >= 15 is 0 Å². The molecule has 0 spiro atoms. The first-order valence-electron chi connectivity index (χ1n) is 7.20. The van der Waals surface area contributed by atoms with Gasteiger partial charge < -0.3 is 15.4 Å². The van der Waals surface area contributed by atoms with Gasteiger partial charge in [0.2, 0.25) is 0 Å². The molecule has 0 aliphatic heterocycles. The molecule has 108 valence electrons. The Morgan fingerprint density at radius 1 is 1.10 bits per heavy atom. The van der Waals surface area contributed by atoms with Crippen molar-refractivity contribution in [2.24, 2.45) is 0 Å². The predicted molar refractivity (Wildman–Crippen MR) is 85.0 cm³/mol. The molecule has 0 aliphatic carbocycles. The van der Waals surface area contributed by atoms with Crippen molar-refractivity contribution in [3.8, 4) is 0 Å². The highest BCUT2D eigenvalue weighted by atomic mass is 16.5. The summed E-state index contributed by atoms with van der Waals surface area (Å²) in [7, 11) is 1.73. The van der Waals surface area contributed by atoms with Gasteiger partial charge in [-0.1, -0.05) is 36.4 Å². The van der Waals surface area contributed by atoms with Crippen molar-refractivity contribution in [1.82, 2.24) is 10.6 Å². The first-order chi connectivity index (χ1) is 9.79. The Labute approximate surface area is 121 Å². The summed E-state index contributed by atoms with van der Waals surface area (Å²) < 4.78 is 5.01. The van der Waals surface area contributed by atoms with Crippen LogP contribution in [0.25, 0.3) is 10.8 Å². The molecule has 2 aromatic carbocycles. The van der Waals surface area contributed by atoms with Crippen LogP contribution < -0.4 is 10.6 Å². The lowest BCUT2D eigenvalue weighted by Gasteiger charge is -2.15. The van der Waals surface area contributed by atoms with Crippen LogP contribution in [0.3, 0.4) is 0 Å². The van der Waals surface area contributed by atoms with Crippen LogP contribution in [0.1, 0.15) is 12.5 Å². The summed E-state index contributed by atoms with van der Waals surface area (Å²) >= 11 is 0. The summed E-state index contributed by atoms with van der Waals surface area (Å²) in [6, 6.07) is 15.6. The Hall–Kier alpha value is -1.42. The van der Waals surface area contributed by atoms with Gasteiger partial charge in [-0.25, -0.2) is 0 Å². The van der Waals surface area contributed by atoms with Crippen LogP contribution in [0.5, 0.6) is 0 Å². The second kappa shape index (κ2) is 8.00. The maximum absolute atomic E-state index is 5.01. The van der Waals surface area contributed by atoms with Crippen LogP contribution >= 0.6 is 0 Å². The summed E-state index contributed by atoms with van der Waals surface area (Å²) in [5.41, 5.74) is 1.33. The van der Waals surface area contributed by atoms with Crippen molar-refractivity contribution in [3.05, 3.63) is 48.0 Å². The summed E-state index contributed by atoms with van der Waals surface area (Å²) in [6.45, 7) is 5.71. The van der Waals surface area contributed by atoms with Crippen LogP contribution in [0, 0.1) is 0 Å². The third kappa shape index (κ3) is 4.60. The van der Waals surface area contributed by atoms with E-state index in [1.165, 1.54) is 16.3 Å². The number of rotatable bonds is 8. The zero-order chi connectivity index (χ0) is 14.2. The molecular weight excluding hydrogens is 248 g/mol. The van der Waals surface area contributed by atoms with Gasteiger partial charge >= 0.3 is 0 Å². The zero-order valence-electron chi connectivity index (χ0n) is 12.4. The van der Waals surface area contributed by atoms with Gasteiger partial charge in [0.05, 0.1) is 6.61 Å². The van der Waals surface area contributed by atoms with Gasteiger partial charge in [0.25, 0.3) is 0 Å². The van der Waals surface area contributed by atoms with E-state index in [2.05, 4.69) is 60.0 Å². The van der Waals surface area contributed by atoms with Crippen molar-refractivity contribution in [2.45, 2.75) is 19.5 Å². The van der Waals surface area contributed by atoms with E-state index in [0.29, 0.717) is 6.04 Å². The maximum atomic E-state index is 5.01. The standard InChI is InChI=1S/C17H24N2O/c1-14(12-18-9-10-20-2)19-13-15-7-8-16-5-3-4-6-17(16)11-15/h3-8,11,14,18-19H,9-10,12-13H2,1-2H3. The minimum absolute atomic E-state index is 0.443. The van der Waals surface area contributed by atoms with E-state index in [1.54, 1.807) is 7.11 Å². The lowest BCUT2D eigenvalue weighted by molar-refractivity contribution is 0.198. The van der Waals surface area contributed by atoms with Gasteiger partial charge in [-0.15, -0.1) is 0 Å². The minimum Gasteiger partial charge on any atom is -0.383 e. The van der Waals surface area contributed by atoms with Crippen LogP contribution in [0.4, 0.5) is 0 Å². The molecule has 0 amide bonds. The molecule has 1 atom stereocenters. The molecule has 2 rings (SSSR count). The second-order valence-electron chi connectivity index (χ2n) is 5.16. The highest BCUT2D eigenvalue weighted by Crippen LogP contribution is 2.15. The van der Waals surface area contributed by atoms with Crippen LogP contribution in [-0.4, -0.2) is 32.8 Å². The van der Waals surface area contributed by atoms with Crippen LogP contribution in [0.2, 0.25) is 0 Å². The first kappa shape index (κ1) is 15.0. The fraction of sp³-hybridized carbons (Fsp3) is 0.412. The molecule has 2 N–H and O–H groups in total. The van der Waals surface area contributed by atoms with E-state index in [1.807, 2.05) is 0 Å². The van der Waals surface area contributed by atoms with Crippen LogP contribution in [-0.2, 0) is 11.3 Å². The molecule has 0 saturated heterocycles. The van der Waals surface area contributed by atoms with Crippen molar-refractivity contribution in [2.75, 3.05) is 26.8 Å². The molecular formula is C17H24N2O. The van der Waals surface area contributed by atoms with E-state index < -0.39 is 0 Å². The van der Waals surface area contributed by atoms with E-state index in [-0.39, 0.29) is 0 Å². The van der Waals surface area contributed by atoms with Gasteiger partial charge in [-0.2, -0.15) is 0 Å². The number of fused-ring (bicyclic) bond motifs is 1. The predicted octanol–water partition coefficient (Wildman–Crippen LogP) is 2.55. The number of methoxy groups -OCH3 is 1. The van der Waals surface area contributed by atoms with Gasteiger partial charge in [0, 0.05) is 32.8 Å². The zero-order valence-corrected chi connectivity index (χ0v) is 12.4. The smallest absolute Gasteiger partial charge is 0.0587 e. The fourth-order valence-electron chi connectivity index (χ4n) is 2.21. The lowest BCUT2D eigenvalue weighted by Crippen LogP contribution is -2.37. The molecule has 0 bridgehead atoms. The van der Waals surface area contributed by atoms with Crippen molar-refractivity contribution in [3.63, 3.8) is 0 Å². The summed E-state index contributed by atoms with van der Waals surface area (Å²) in [5, 5.41) is 9.50. The minimum atomic E-state index is 0.443. The topological polar surface area (TPSA) is 33.3 Å². The van der Waals surface area contributed by atoms with Crippen molar-refractivity contribution in [1.29, 1.82) is 0 Å². The third-order valence-electron chi connectivity index (χ3n) is 3.40. The fourth-order valence-corrected chi connectivity index (χ4v) is 2.21. The van der Waals surface area contributed by atoms with Crippen LogP contribution in [0.15, 0.2) is 42.5 Å². The van der Waals surface area contributed by atoms with Crippen molar-refractivity contribution < 1.29 is 4.74 Å². The number of nitrogens with one attached hydrogen (secondary N) is 2. The molecule has 0 fully saturated rings. The first-order valence-corrected chi connectivity index (χ1v) is 7.20. The Balaban J connectivity index is 1.80. The largest absolute Gasteiger partial charge is 0.383 e. The molecule has 0 saturated carbocycles. The highest BCUT2D eigenvalue weighted by molar-refractivity contribution is 5.82. The van der Waals surface area contributed by atoms with E-state index in [9.17, 15) is 0 Å².